The number of aromatic hydroxyl groups is 1. The maximum Gasteiger partial charge on any atom is 0.258 e. The van der Waals surface area contributed by atoms with Gasteiger partial charge in [-0.1, -0.05) is 17.7 Å². The molecular weight excluding hydrogens is 252 g/mol. The van der Waals surface area contributed by atoms with E-state index in [9.17, 15) is 9.90 Å². The van der Waals surface area contributed by atoms with Gasteiger partial charge >= 0.3 is 0 Å². The molecule has 0 unspecified atom stereocenters. The summed E-state index contributed by atoms with van der Waals surface area (Å²) in [7, 11) is 0. The molecule has 0 saturated heterocycles. The zero-order valence-electron chi connectivity index (χ0n) is 9.64. The number of carbonyl (C=O) groups is 1. The van der Waals surface area contributed by atoms with Crippen molar-refractivity contribution in [2.45, 2.75) is 6.92 Å². The van der Waals surface area contributed by atoms with Crippen molar-refractivity contribution < 1.29 is 9.90 Å². The van der Waals surface area contributed by atoms with Crippen LogP contribution in [0.5, 0.6) is 5.75 Å². The summed E-state index contributed by atoms with van der Waals surface area (Å²) >= 11 is 5.82. The summed E-state index contributed by atoms with van der Waals surface area (Å²) < 4.78 is 0. The van der Waals surface area contributed by atoms with Crippen molar-refractivity contribution in [1.29, 1.82) is 0 Å². The molecule has 18 heavy (non-hydrogen) atoms. The van der Waals surface area contributed by atoms with E-state index in [1.807, 2.05) is 0 Å². The largest absolute Gasteiger partial charge is 0.508 e. The molecular formula is C13H11ClN2O2. The molecule has 0 saturated carbocycles. The maximum absolute atomic E-state index is 11.9. The van der Waals surface area contributed by atoms with Gasteiger partial charge in [-0.05, 0) is 30.7 Å². The van der Waals surface area contributed by atoms with Crippen LogP contribution in [0.3, 0.4) is 0 Å². The maximum atomic E-state index is 11.9. The highest BCUT2D eigenvalue weighted by molar-refractivity contribution is 6.33. The Bertz CT molecular complexity index is 599. The van der Waals surface area contributed by atoms with Crippen molar-refractivity contribution in [3.63, 3.8) is 0 Å². The fraction of sp³-hybridized carbons (Fsp3) is 0.0769. The fourth-order valence-electron chi connectivity index (χ4n) is 1.44. The van der Waals surface area contributed by atoms with E-state index in [0.29, 0.717) is 11.3 Å². The molecule has 0 radical (unpaired) electrons. The third-order valence-corrected chi connectivity index (χ3v) is 2.77. The van der Waals surface area contributed by atoms with Gasteiger partial charge in [0.1, 0.15) is 10.9 Å². The monoisotopic (exact) mass is 262 g/mol. The van der Waals surface area contributed by atoms with Crippen LogP contribution in [0, 0.1) is 6.92 Å². The topological polar surface area (TPSA) is 62.2 Å². The summed E-state index contributed by atoms with van der Waals surface area (Å²) in [5.41, 5.74) is 1.54. The average Bonchev–Trinajstić information content (AvgIpc) is 2.34. The van der Waals surface area contributed by atoms with Gasteiger partial charge in [-0.2, -0.15) is 0 Å². The summed E-state index contributed by atoms with van der Waals surface area (Å²) in [4.78, 5) is 15.7. The summed E-state index contributed by atoms with van der Waals surface area (Å²) in [5, 5.41) is 12.3. The SMILES string of the molecule is Cc1ccc(NC(=O)c2cccnc2Cl)cc1O. The zero-order valence-corrected chi connectivity index (χ0v) is 10.4. The van der Waals surface area contributed by atoms with Gasteiger partial charge in [0.2, 0.25) is 0 Å². The minimum absolute atomic E-state index is 0.130. The van der Waals surface area contributed by atoms with E-state index in [1.54, 1.807) is 31.2 Å². The lowest BCUT2D eigenvalue weighted by atomic mass is 10.2. The number of halogens is 1. The predicted molar refractivity (Wildman–Crippen MR) is 70.0 cm³/mol. The molecule has 2 rings (SSSR count). The van der Waals surface area contributed by atoms with Crippen molar-refractivity contribution in [2.75, 3.05) is 5.32 Å². The first-order chi connectivity index (χ1) is 8.58. The molecule has 0 bridgehead atoms. The van der Waals surface area contributed by atoms with Gasteiger partial charge in [-0.15, -0.1) is 0 Å². The lowest BCUT2D eigenvalue weighted by molar-refractivity contribution is 0.102. The third-order valence-electron chi connectivity index (χ3n) is 2.47. The number of nitrogens with zero attached hydrogens (tertiary/aromatic N) is 1. The third kappa shape index (κ3) is 2.60. The molecule has 92 valence electrons. The minimum atomic E-state index is -0.364. The number of anilines is 1. The first kappa shape index (κ1) is 12.4. The van der Waals surface area contributed by atoms with Crippen LogP contribution >= 0.6 is 11.6 Å². The van der Waals surface area contributed by atoms with Crippen LogP contribution < -0.4 is 5.32 Å². The molecule has 0 spiro atoms. The van der Waals surface area contributed by atoms with Crippen molar-refractivity contribution in [3.8, 4) is 5.75 Å². The number of phenols is 1. The van der Waals surface area contributed by atoms with Gasteiger partial charge in [0.05, 0.1) is 5.56 Å². The van der Waals surface area contributed by atoms with Crippen LogP contribution in [0.25, 0.3) is 0 Å². The Labute approximate surface area is 109 Å². The number of pyridine rings is 1. The highest BCUT2D eigenvalue weighted by Crippen LogP contribution is 2.22. The second kappa shape index (κ2) is 5.06. The van der Waals surface area contributed by atoms with E-state index in [1.165, 1.54) is 12.3 Å². The van der Waals surface area contributed by atoms with Gasteiger partial charge in [0, 0.05) is 18.0 Å². The molecule has 2 N–H and O–H groups in total. The van der Waals surface area contributed by atoms with E-state index in [-0.39, 0.29) is 16.8 Å². The van der Waals surface area contributed by atoms with Crippen LogP contribution in [0.1, 0.15) is 15.9 Å². The van der Waals surface area contributed by atoms with E-state index in [0.717, 1.165) is 5.56 Å². The first-order valence-corrected chi connectivity index (χ1v) is 5.67. The first-order valence-electron chi connectivity index (χ1n) is 5.29. The Morgan fingerprint density at radius 3 is 2.83 bits per heavy atom. The van der Waals surface area contributed by atoms with Crippen molar-refractivity contribution in [1.82, 2.24) is 4.98 Å². The molecule has 2 aromatic rings. The predicted octanol–water partition coefficient (Wildman–Crippen LogP) is 3.00. The lowest BCUT2D eigenvalue weighted by Crippen LogP contribution is -2.12. The van der Waals surface area contributed by atoms with Crippen molar-refractivity contribution >= 4 is 23.2 Å². The molecule has 0 aliphatic heterocycles. The Morgan fingerprint density at radius 2 is 2.17 bits per heavy atom. The highest BCUT2D eigenvalue weighted by Gasteiger charge is 2.11. The smallest absolute Gasteiger partial charge is 0.258 e. The molecule has 0 aliphatic rings. The number of hydrogen-bond donors (Lipinski definition) is 2. The van der Waals surface area contributed by atoms with Crippen molar-refractivity contribution in [2.24, 2.45) is 0 Å². The average molecular weight is 263 g/mol. The minimum Gasteiger partial charge on any atom is -0.508 e. The van der Waals surface area contributed by atoms with Gasteiger partial charge in [-0.25, -0.2) is 4.98 Å². The molecule has 4 nitrogen and oxygen atoms in total. The highest BCUT2D eigenvalue weighted by atomic mass is 35.5. The standard InChI is InChI=1S/C13H11ClN2O2/c1-8-4-5-9(7-11(8)17)16-13(18)10-3-2-6-15-12(10)14/h2-7,17H,1H3,(H,16,18). The van der Waals surface area contributed by atoms with E-state index in [4.69, 9.17) is 11.6 Å². The molecule has 1 heterocycles. The fourth-order valence-corrected chi connectivity index (χ4v) is 1.65. The number of aryl methyl sites for hydroxylation is 1. The molecule has 0 fully saturated rings. The molecule has 1 aromatic heterocycles. The normalized spacial score (nSPS) is 10.1. The summed E-state index contributed by atoms with van der Waals surface area (Å²) in [5.74, 6) is -0.235. The van der Waals surface area contributed by atoms with E-state index >= 15 is 0 Å². The number of phenolic OH excluding ortho intramolecular Hbond substituents is 1. The number of hydrogen-bond acceptors (Lipinski definition) is 3. The second-order valence-electron chi connectivity index (χ2n) is 3.80. The number of aromatic nitrogens is 1. The van der Waals surface area contributed by atoms with Crippen LogP contribution in [-0.2, 0) is 0 Å². The second-order valence-corrected chi connectivity index (χ2v) is 4.16. The summed E-state index contributed by atoms with van der Waals surface area (Å²) in [6.45, 7) is 1.78. The Balaban J connectivity index is 2.22. The number of carbonyl (C=O) groups excluding carboxylic acids is 1. The van der Waals surface area contributed by atoms with Crippen LogP contribution in [0.4, 0.5) is 5.69 Å². The van der Waals surface area contributed by atoms with Gasteiger partial charge in [0.15, 0.2) is 0 Å². The Morgan fingerprint density at radius 1 is 1.39 bits per heavy atom. The summed E-state index contributed by atoms with van der Waals surface area (Å²) in [6.07, 6.45) is 1.51. The number of rotatable bonds is 2. The Kier molecular flexibility index (Phi) is 3.48. The number of amides is 1. The molecule has 0 atom stereocenters. The van der Waals surface area contributed by atoms with Gasteiger partial charge in [-0.3, -0.25) is 4.79 Å². The molecule has 1 aromatic carbocycles. The van der Waals surface area contributed by atoms with E-state index < -0.39 is 0 Å². The molecule has 1 amide bonds. The van der Waals surface area contributed by atoms with Crippen LogP contribution in [0.2, 0.25) is 5.15 Å². The Hall–Kier alpha value is -2.07. The zero-order chi connectivity index (χ0) is 13.1. The quantitative estimate of drug-likeness (QED) is 0.818. The summed E-state index contributed by atoms with van der Waals surface area (Å²) in [6, 6.07) is 8.12. The molecule has 5 heteroatoms. The van der Waals surface area contributed by atoms with Gasteiger partial charge in [0.25, 0.3) is 5.91 Å². The molecule has 0 aliphatic carbocycles. The van der Waals surface area contributed by atoms with E-state index in [2.05, 4.69) is 10.3 Å². The van der Waals surface area contributed by atoms with Crippen molar-refractivity contribution in [3.05, 3.63) is 52.8 Å². The number of nitrogens with one attached hydrogen (secondary N) is 1. The van der Waals surface area contributed by atoms with Gasteiger partial charge < -0.3 is 10.4 Å². The van der Waals surface area contributed by atoms with Crippen LogP contribution in [0.15, 0.2) is 36.5 Å². The number of benzene rings is 1. The lowest BCUT2D eigenvalue weighted by Gasteiger charge is -2.07. The van der Waals surface area contributed by atoms with Crippen LogP contribution in [-0.4, -0.2) is 16.0 Å².